The number of carbonyl (C=O) groups is 1. The molecule has 21 heavy (non-hydrogen) atoms. The zero-order valence-corrected chi connectivity index (χ0v) is 13.7. The van der Waals surface area contributed by atoms with Gasteiger partial charge < -0.3 is 14.2 Å². The van der Waals surface area contributed by atoms with Crippen molar-refractivity contribution in [3.05, 3.63) is 28.7 Å². The topological polar surface area (TPSA) is 48.0 Å². The third-order valence-corrected chi connectivity index (χ3v) is 3.66. The molecule has 1 unspecified atom stereocenters. The normalized spacial score (nSPS) is 19.2. The fraction of sp³-hybridized carbons (Fsp3) is 0.533. The molecule has 0 spiro atoms. The van der Waals surface area contributed by atoms with Crippen LogP contribution in [-0.4, -0.2) is 56.4 Å². The molecule has 1 atom stereocenters. The van der Waals surface area contributed by atoms with E-state index in [0.29, 0.717) is 32.9 Å². The molecule has 1 heterocycles. The molecule has 1 aromatic rings. The maximum Gasteiger partial charge on any atom is 0.320 e. The predicted molar refractivity (Wildman–Crippen MR) is 82.5 cm³/mol. The Hall–Kier alpha value is -1.11. The number of benzene rings is 1. The lowest BCUT2D eigenvalue weighted by atomic mass is 10.3. The van der Waals surface area contributed by atoms with E-state index < -0.39 is 0 Å². The van der Waals surface area contributed by atoms with Gasteiger partial charge in [0.05, 0.1) is 19.8 Å². The highest BCUT2D eigenvalue weighted by Crippen LogP contribution is 2.17. The molecule has 0 aliphatic carbocycles. The maximum absolute atomic E-state index is 11.5. The van der Waals surface area contributed by atoms with Gasteiger partial charge in [0.1, 0.15) is 18.5 Å². The summed E-state index contributed by atoms with van der Waals surface area (Å²) in [7, 11) is 0. The van der Waals surface area contributed by atoms with Crippen LogP contribution in [0.1, 0.15) is 6.92 Å². The van der Waals surface area contributed by atoms with Gasteiger partial charge in [0.2, 0.25) is 0 Å². The number of nitrogens with zero attached hydrogens (tertiary/aromatic N) is 1. The number of hydrogen-bond donors (Lipinski definition) is 0. The lowest BCUT2D eigenvalue weighted by Crippen LogP contribution is -2.47. The van der Waals surface area contributed by atoms with E-state index in [2.05, 4.69) is 15.9 Å². The highest BCUT2D eigenvalue weighted by Gasteiger charge is 2.23. The van der Waals surface area contributed by atoms with E-state index in [0.717, 1.165) is 16.8 Å². The summed E-state index contributed by atoms with van der Waals surface area (Å²) in [6.45, 7) is 5.04. The number of morpholine rings is 1. The largest absolute Gasteiger partial charge is 0.491 e. The molecule has 6 heteroatoms. The summed E-state index contributed by atoms with van der Waals surface area (Å²) in [5, 5.41) is 0. The first-order valence-electron chi connectivity index (χ1n) is 7.05. The van der Waals surface area contributed by atoms with Crippen molar-refractivity contribution in [3.8, 4) is 5.75 Å². The molecule has 1 saturated heterocycles. The third kappa shape index (κ3) is 5.65. The maximum atomic E-state index is 11.5. The Morgan fingerprint density at radius 1 is 1.43 bits per heavy atom. The fourth-order valence-electron chi connectivity index (χ4n) is 2.13. The summed E-state index contributed by atoms with van der Waals surface area (Å²) < 4.78 is 17.4. The second-order valence-electron chi connectivity index (χ2n) is 4.80. The molecule has 0 saturated carbocycles. The first-order chi connectivity index (χ1) is 10.2. The summed E-state index contributed by atoms with van der Waals surface area (Å²) in [6, 6.07) is 7.68. The highest BCUT2D eigenvalue weighted by molar-refractivity contribution is 9.10. The van der Waals surface area contributed by atoms with Crippen LogP contribution in [0.5, 0.6) is 5.75 Å². The van der Waals surface area contributed by atoms with Gasteiger partial charge in [-0.2, -0.15) is 0 Å². The average molecular weight is 358 g/mol. The zero-order valence-electron chi connectivity index (χ0n) is 12.1. The number of esters is 1. The van der Waals surface area contributed by atoms with Crippen molar-refractivity contribution in [3.63, 3.8) is 0 Å². The van der Waals surface area contributed by atoms with Gasteiger partial charge in [0, 0.05) is 17.6 Å². The minimum absolute atomic E-state index is 0.0307. The average Bonchev–Trinajstić information content (AvgIpc) is 2.47. The van der Waals surface area contributed by atoms with Crippen molar-refractivity contribution in [1.29, 1.82) is 0 Å². The van der Waals surface area contributed by atoms with E-state index in [1.165, 1.54) is 0 Å². The summed E-state index contributed by atoms with van der Waals surface area (Å²) in [4.78, 5) is 13.5. The Kier molecular flexibility index (Phi) is 6.48. The van der Waals surface area contributed by atoms with E-state index in [1.807, 2.05) is 36.1 Å². The number of rotatable bonds is 6. The van der Waals surface area contributed by atoms with Crippen LogP contribution in [0.25, 0.3) is 0 Å². The van der Waals surface area contributed by atoms with Crippen LogP contribution >= 0.6 is 15.9 Å². The Balaban J connectivity index is 1.76. The molecular formula is C15H20BrNO4. The summed E-state index contributed by atoms with van der Waals surface area (Å²) in [6.07, 6.45) is -0.0307. The SMILES string of the molecule is CCOC(=O)CN1CCOC(COc2ccc(Br)cc2)C1. The van der Waals surface area contributed by atoms with Gasteiger partial charge in [-0.1, -0.05) is 15.9 Å². The van der Waals surface area contributed by atoms with Gasteiger partial charge in [-0.25, -0.2) is 0 Å². The molecule has 1 aliphatic rings. The fourth-order valence-corrected chi connectivity index (χ4v) is 2.40. The molecular weight excluding hydrogens is 338 g/mol. The van der Waals surface area contributed by atoms with Crippen LogP contribution in [0, 0.1) is 0 Å². The van der Waals surface area contributed by atoms with Crippen molar-refractivity contribution >= 4 is 21.9 Å². The van der Waals surface area contributed by atoms with Gasteiger partial charge in [-0.05, 0) is 31.2 Å². The molecule has 116 valence electrons. The minimum atomic E-state index is -0.188. The molecule has 2 rings (SSSR count). The van der Waals surface area contributed by atoms with E-state index in [1.54, 1.807) is 0 Å². The first kappa shape index (κ1) is 16.3. The van der Waals surface area contributed by atoms with Crippen LogP contribution in [0.4, 0.5) is 0 Å². The first-order valence-corrected chi connectivity index (χ1v) is 7.84. The summed E-state index contributed by atoms with van der Waals surface area (Å²) in [5.41, 5.74) is 0. The smallest absolute Gasteiger partial charge is 0.320 e. The predicted octanol–water partition coefficient (Wildman–Crippen LogP) is 2.09. The van der Waals surface area contributed by atoms with Crippen LogP contribution in [0.2, 0.25) is 0 Å². The molecule has 0 aromatic heterocycles. The van der Waals surface area contributed by atoms with Crippen LogP contribution in [0.3, 0.4) is 0 Å². The van der Waals surface area contributed by atoms with Gasteiger partial charge in [0.15, 0.2) is 0 Å². The van der Waals surface area contributed by atoms with Crippen molar-refractivity contribution in [2.75, 3.05) is 39.5 Å². The van der Waals surface area contributed by atoms with Crippen molar-refractivity contribution in [2.24, 2.45) is 0 Å². The second-order valence-corrected chi connectivity index (χ2v) is 5.71. The summed E-state index contributed by atoms with van der Waals surface area (Å²) >= 11 is 3.39. The molecule has 0 amide bonds. The van der Waals surface area contributed by atoms with Gasteiger partial charge in [-0.15, -0.1) is 0 Å². The molecule has 5 nitrogen and oxygen atoms in total. The van der Waals surface area contributed by atoms with Crippen molar-refractivity contribution in [1.82, 2.24) is 4.90 Å². The van der Waals surface area contributed by atoms with Crippen LogP contribution < -0.4 is 4.74 Å². The Morgan fingerprint density at radius 2 is 2.19 bits per heavy atom. The monoisotopic (exact) mass is 357 g/mol. The van der Waals surface area contributed by atoms with Gasteiger partial charge in [-0.3, -0.25) is 9.69 Å². The molecule has 0 bridgehead atoms. The third-order valence-electron chi connectivity index (χ3n) is 3.13. The zero-order chi connectivity index (χ0) is 15.1. The van der Waals surface area contributed by atoms with E-state index in [9.17, 15) is 4.79 Å². The summed E-state index contributed by atoms with van der Waals surface area (Å²) in [5.74, 6) is 0.622. The van der Waals surface area contributed by atoms with E-state index in [4.69, 9.17) is 14.2 Å². The number of hydrogen-bond acceptors (Lipinski definition) is 5. The minimum Gasteiger partial charge on any atom is -0.491 e. The molecule has 1 aromatic carbocycles. The molecule has 0 radical (unpaired) electrons. The van der Waals surface area contributed by atoms with E-state index >= 15 is 0 Å². The molecule has 1 fully saturated rings. The lowest BCUT2D eigenvalue weighted by molar-refractivity contribution is -0.146. The Labute approximate surface area is 133 Å². The second kappa shape index (κ2) is 8.36. The van der Waals surface area contributed by atoms with E-state index in [-0.39, 0.29) is 12.1 Å². The number of halogens is 1. The van der Waals surface area contributed by atoms with Gasteiger partial charge >= 0.3 is 5.97 Å². The molecule has 1 aliphatic heterocycles. The quantitative estimate of drug-likeness (QED) is 0.729. The number of ether oxygens (including phenoxy) is 3. The number of carbonyl (C=O) groups excluding carboxylic acids is 1. The van der Waals surface area contributed by atoms with Crippen LogP contribution in [-0.2, 0) is 14.3 Å². The van der Waals surface area contributed by atoms with Crippen molar-refractivity contribution in [2.45, 2.75) is 13.0 Å². The van der Waals surface area contributed by atoms with Crippen molar-refractivity contribution < 1.29 is 19.0 Å². The Morgan fingerprint density at radius 3 is 2.90 bits per heavy atom. The standard InChI is InChI=1S/C15H20BrNO4/c1-2-19-15(18)10-17-7-8-20-14(9-17)11-21-13-5-3-12(16)4-6-13/h3-6,14H,2,7-11H2,1H3. The highest BCUT2D eigenvalue weighted by atomic mass is 79.9. The Bertz CT molecular complexity index is 451. The van der Waals surface area contributed by atoms with Crippen LogP contribution in [0.15, 0.2) is 28.7 Å². The lowest BCUT2D eigenvalue weighted by Gasteiger charge is -2.31. The van der Waals surface area contributed by atoms with Gasteiger partial charge in [0.25, 0.3) is 0 Å². The molecule has 0 N–H and O–H groups in total.